The van der Waals surface area contributed by atoms with E-state index in [1.165, 1.54) is 0 Å². The highest BCUT2D eigenvalue weighted by atomic mass is 16.5. The van der Waals surface area contributed by atoms with E-state index in [4.69, 9.17) is 4.74 Å². The Morgan fingerprint density at radius 2 is 2.05 bits per heavy atom. The number of nitrogens with one attached hydrogen (secondary N) is 1. The smallest absolute Gasteiger partial charge is 0.251 e. The number of para-hydroxylation sites is 2. The van der Waals surface area contributed by atoms with Gasteiger partial charge in [0.15, 0.2) is 0 Å². The summed E-state index contributed by atoms with van der Waals surface area (Å²) in [5.74, 6) is 1.33. The van der Waals surface area contributed by atoms with Crippen molar-refractivity contribution in [1.82, 2.24) is 14.9 Å². The van der Waals surface area contributed by atoms with Crippen LogP contribution in [0.4, 0.5) is 0 Å². The molecule has 0 atom stereocenters. The van der Waals surface area contributed by atoms with Crippen LogP contribution < -0.4 is 10.1 Å². The van der Waals surface area contributed by atoms with Crippen molar-refractivity contribution in [1.29, 1.82) is 0 Å². The molecule has 5 nitrogen and oxygen atoms in total. The molecule has 1 N–H and O–H groups in total. The number of ether oxygens (including phenoxy) is 1. The lowest BCUT2D eigenvalue weighted by Crippen LogP contribution is -2.24. The van der Waals surface area contributed by atoms with Gasteiger partial charge in [-0.05, 0) is 30.3 Å². The van der Waals surface area contributed by atoms with Gasteiger partial charge in [-0.15, -0.1) is 0 Å². The van der Waals surface area contributed by atoms with Crippen LogP contribution in [-0.4, -0.2) is 22.6 Å². The number of carbonyl (C=O) groups excluding carboxylic acids is 1. The minimum atomic E-state index is -0.147. The number of hydrogen-bond acceptors (Lipinski definition) is 3. The summed E-state index contributed by atoms with van der Waals surface area (Å²) in [7, 11) is 3.53. The maximum absolute atomic E-state index is 12.2. The molecule has 2 aromatic carbocycles. The van der Waals surface area contributed by atoms with Gasteiger partial charge < -0.3 is 14.6 Å². The van der Waals surface area contributed by atoms with Crippen LogP contribution in [0, 0.1) is 0 Å². The monoisotopic (exact) mass is 295 g/mol. The molecule has 1 heterocycles. The van der Waals surface area contributed by atoms with Crippen molar-refractivity contribution in [3.8, 4) is 5.75 Å². The summed E-state index contributed by atoms with van der Waals surface area (Å²) < 4.78 is 7.12. The predicted octanol–water partition coefficient (Wildman–Crippen LogP) is 2.51. The van der Waals surface area contributed by atoms with Crippen molar-refractivity contribution < 1.29 is 9.53 Å². The first-order valence-electron chi connectivity index (χ1n) is 7.01. The Hall–Kier alpha value is -2.82. The third-order valence-electron chi connectivity index (χ3n) is 3.62. The minimum absolute atomic E-state index is 0.147. The summed E-state index contributed by atoms with van der Waals surface area (Å²) in [4.78, 5) is 16.7. The Balaban J connectivity index is 1.75. The van der Waals surface area contributed by atoms with E-state index in [0.29, 0.717) is 17.9 Å². The molecular formula is C17H17N3O2. The number of imidazole rings is 1. The number of aromatic nitrogens is 2. The van der Waals surface area contributed by atoms with Crippen LogP contribution >= 0.6 is 0 Å². The molecule has 0 spiro atoms. The van der Waals surface area contributed by atoms with E-state index in [2.05, 4.69) is 10.3 Å². The number of aryl methyl sites for hydroxylation is 1. The van der Waals surface area contributed by atoms with Gasteiger partial charge in [0.25, 0.3) is 5.91 Å². The third-order valence-corrected chi connectivity index (χ3v) is 3.62. The lowest BCUT2D eigenvalue weighted by Gasteiger charge is -2.07. The summed E-state index contributed by atoms with van der Waals surface area (Å²) in [5.41, 5.74) is 2.54. The zero-order valence-corrected chi connectivity index (χ0v) is 12.5. The molecule has 0 saturated heterocycles. The van der Waals surface area contributed by atoms with Gasteiger partial charge in [0.05, 0.1) is 24.7 Å². The van der Waals surface area contributed by atoms with Crippen LogP contribution in [0.2, 0.25) is 0 Å². The van der Waals surface area contributed by atoms with Crippen molar-refractivity contribution in [2.24, 2.45) is 7.05 Å². The fourth-order valence-electron chi connectivity index (χ4n) is 2.38. The number of carbonyl (C=O) groups is 1. The summed E-state index contributed by atoms with van der Waals surface area (Å²) >= 11 is 0. The molecule has 3 rings (SSSR count). The van der Waals surface area contributed by atoms with E-state index in [1.807, 2.05) is 41.9 Å². The molecule has 1 amide bonds. The van der Waals surface area contributed by atoms with Crippen molar-refractivity contribution in [3.63, 3.8) is 0 Å². The second kappa shape index (κ2) is 5.89. The van der Waals surface area contributed by atoms with Crippen molar-refractivity contribution in [2.45, 2.75) is 6.54 Å². The topological polar surface area (TPSA) is 56.1 Å². The number of methoxy groups -OCH3 is 1. The average molecular weight is 295 g/mol. The Bertz CT molecular complexity index is 824. The molecule has 1 aromatic heterocycles. The quantitative estimate of drug-likeness (QED) is 0.804. The van der Waals surface area contributed by atoms with Gasteiger partial charge >= 0.3 is 0 Å². The minimum Gasteiger partial charge on any atom is -0.497 e. The van der Waals surface area contributed by atoms with E-state index < -0.39 is 0 Å². The first-order chi connectivity index (χ1) is 10.7. The van der Waals surface area contributed by atoms with Crippen LogP contribution in [0.15, 0.2) is 48.5 Å². The van der Waals surface area contributed by atoms with Crippen LogP contribution in [0.3, 0.4) is 0 Å². The van der Waals surface area contributed by atoms with Crippen LogP contribution in [-0.2, 0) is 13.6 Å². The van der Waals surface area contributed by atoms with Crippen LogP contribution in [0.25, 0.3) is 11.0 Å². The molecule has 0 aliphatic rings. The van der Waals surface area contributed by atoms with Crippen LogP contribution in [0.5, 0.6) is 5.75 Å². The summed E-state index contributed by atoms with van der Waals surface area (Å²) in [6.07, 6.45) is 0. The Kier molecular flexibility index (Phi) is 3.78. The summed E-state index contributed by atoms with van der Waals surface area (Å²) in [5, 5.41) is 2.89. The molecule has 0 unspecified atom stereocenters. The first kappa shape index (κ1) is 14.1. The second-order valence-corrected chi connectivity index (χ2v) is 4.99. The maximum atomic E-state index is 12.2. The predicted molar refractivity (Wildman–Crippen MR) is 84.9 cm³/mol. The third kappa shape index (κ3) is 2.65. The standard InChI is InChI=1S/C17H17N3O2/c1-20-15-9-4-3-8-14(15)19-16(20)11-18-17(21)12-6-5-7-13(10-12)22-2/h3-10H,11H2,1-2H3,(H,18,21). The van der Waals surface area contributed by atoms with Gasteiger partial charge in [-0.25, -0.2) is 4.98 Å². The highest BCUT2D eigenvalue weighted by Gasteiger charge is 2.10. The normalized spacial score (nSPS) is 10.6. The van der Waals surface area contributed by atoms with E-state index in [-0.39, 0.29) is 5.91 Å². The molecule has 112 valence electrons. The number of fused-ring (bicyclic) bond motifs is 1. The average Bonchev–Trinajstić information content (AvgIpc) is 2.89. The Morgan fingerprint density at radius 3 is 2.82 bits per heavy atom. The van der Waals surface area contributed by atoms with Crippen molar-refractivity contribution in [2.75, 3.05) is 7.11 Å². The largest absolute Gasteiger partial charge is 0.497 e. The van der Waals surface area contributed by atoms with Crippen LogP contribution in [0.1, 0.15) is 16.2 Å². The zero-order chi connectivity index (χ0) is 15.5. The maximum Gasteiger partial charge on any atom is 0.251 e. The van der Waals surface area contributed by atoms with E-state index in [9.17, 15) is 4.79 Å². The van der Waals surface area contributed by atoms with Gasteiger partial charge in [0.1, 0.15) is 11.6 Å². The summed E-state index contributed by atoms with van der Waals surface area (Å²) in [6.45, 7) is 0.376. The second-order valence-electron chi connectivity index (χ2n) is 4.99. The van der Waals surface area contributed by atoms with Gasteiger partial charge in [0.2, 0.25) is 0 Å². The fraction of sp³-hybridized carbons (Fsp3) is 0.176. The lowest BCUT2D eigenvalue weighted by molar-refractivity contribution is 0.0949. The molecular weight excluding hydrogens is 278 g/mol. The highest BCUT2D eigenvalue weighted by Crippen LogP contribution is 2.15. The lowest BCUT2D eigenvalue weighted by atomic mass is 10.2. The van der Waals surface area contributed by atoms with E-state index in [1.54, 1.807) is 25.3 Å². The molecule has 0 saturated carbocycles. The SMILES string of the molecule is COc1cccc(C(=O)NCc2nc3ccccc3n2C)c1. The number of rotatable bonds is 4. The molecule has 0 fully saturated rings. The van der Waals surface area contributed by atoms with E-state index in [0.717, 1.165) is 16.9 Å². The molecule has 0 aliphatic carbocycles. The van der Waals surface area contributed by atoms with Gasteiger partial charge in [-0.3, -0.25) is 4.79 Å². The number of amides is 1. The Morgan fingerprint density at radius 1 is 1.23 bits per heavy atom. The molecule has 22 heavy (non-hydrogen) atoms. The fourth-order valence-corrected chi connectivity index (χ4v) is 2.38. The molecule has 0 bridgehead atoms. The highest BCUT2D eigenvalue weighted by molar-refractivity contribution is 5.94. The molecule has 0 radical (unpaired) electrons. The van der Waals surface area contributed by atoms with E-state index >= 15 is 0 Å². The number of hydrogen-bond donors (Lipinski definition) is 1. The zero-order valence-electron chi connectivity index (χ0n) is 12.5. The van der Waals surface area contributed by atoms with Gasteiger partial charge in [-0.1, -0.05) is 18.2 Å². The first-order valence-corrected chi connectivity index (χ1v) is 7.01. The Labute approximate surface area is 128 Å². The van der Waals surface area contributed by atoms with Gasteiger partial charge in [0, 0.05) is 12.6 Å². The number of benzene rings is 2. The summed E-state index contributed by atoms with van der Waals surface area (Å²) in [6, 6.07) is 15.0. The molecule has 5 heteroatoms. The van der Waals surface area contributed by atoms with Crippen molar-refractivity contribution in [3.05, 3.63) is 59.9 Å². The van der Waals surface area contributed by atoms with Crippen molar-refractivity contribution >= 4 is 16.9 Å². The molecule has 0 aliphatic heterocycles. The number of nitrogens with zero attached hydrogens (tertiary/aromatic N) is 2. The van der Waals surface area contributed by atoms with Gasteiger partial charge in [-0.2, -0.15) is 0 Å². The molecule has 3 aromatic rings.